The van der Waals surface area contributed by atoms with E-state index in [1.807, 2.05) is 6.07 Å². The van der Waals surface area contributed by atoms with Crippen LogP contribution in [0.25, 0.3) is 0 Å². The van der Waals surface area contributed by atoms with Crippen molar-refractivity contribution in [2.24, 2.45) is 0 Å². The van der Waals surface area contributed by atoms with E-state index in [1.54, 1.807) is 29.2 Å². The number of hydrogen-bond donors (Lipinski definition) is 3. The van der Waals surface area contributed by atoms with E-state index >= 15 is 0 Å². The SMILES string of the molecule is O=C(Nc1ccc2c(c1)[C@H]1C[C@@H](CC(=O)N3CCOCC3)O[C@@H](CO)[C@H]1O2)Nc1ccccc1F. The second kappa shape index (κ2) is 10.2. The Kier molecular flexibility index (Phi) is 6.85. The number of morpholine rings is 1. The van der Waals surface area contributed by atoms with Gasteiger partial charge in [0, 0.05) is 30.3 Å². The second-order valence-electron chi connectivity index (χ2n) is 8.91. The number of nitrogens with zero attached hydrogens (tertiary/aromatic N) is 1. The lowest BCUT2D eigenvalue weighted by molar-refractivity contribution is -0.151. The van der Waals surface area contributed by atoms with Gasteiger partial charge in [0.1, 0.15) is 23.8 Å². The minimum Gasteiger partial charge on any atom is -0.487 e. The number of ether oxygens (including phenoxy) is 3. The minimum atomic E-state index is -0.570. The van der Waals surface area contributed by atoms with Gasteiger partial charge in [-0.25, -0.2) is 9.18 Å². The van der Waals surface area contributed by atoms with Gasteiger partial charge in [0.25, 0.3) is 0 Å². The predicted octanol–water partition coefficient (Wildman–Crippen LogP) is 2.71. The van der Waals surface area contributed by atoms with Crippen LogP contribution in [0.2, 0.25) is 0 Å². The van der Waals surface area contributed by atoms with Gasteiger partial charge in [0.15, 0.2) is 0 Å². The average Bonchev–Trinajstić information content (AvgIpc) is 3.23. The summed E-state index contributed by atoms with van der Waals surface area (Å²) in [5.41, 5.74) is 1.48. The molecule has 2 aromatic rings. The van der Waals surface area contributed by atoms with Gasteiger partial charge in [-0.1, -0.05) is 12.1 Å². The number of rotatable bonds is 5. The number of hydrogen-bond acceptors (Lipinski definition) is 6. The van der Waals surface area contributed by atoms with Crippen LogP contribution < -0.4 is 15.4 Å². The highest BCUT2D eigenvalue weighted by Crippen LogP contribution is 2.47. The van der Waals surface area contributed by atoms with Crippen molar-refractivity contribution in [1.29, 1.82) is 0 Å². The molecule has 3 amide bonds. The molecular weight excluding hydrogens is 457 g/mol. The molecule has 3 aliphatic rings. The molecule has 2 fully saturated rings. The highest BCUT2D eigenvalue weighted by atomic mass is 19.1. The maximum Gasteiger partial charge on any atom is 0.323 e. The highest BCUT2D eigenvalue weighted by molar-refractivity contribution is 5.99. The van der Waals surface area contributed by atoms with Gasteiger partial charge in [0.2, 0.25) is 5.91 Å². The first kappa shape index (κ1) is 23.5. The number of carbonyl (C=O) groups is 2. The van der Waals surface area contributed by atoms with Crippen LogP contribution in [0, 0.1) is 5.82 Å². The second-order valence-corrected chi connectivity index (χ2v) is 8.91. The van der Waals surface area contributed by atoms with Crippen LogP contribution in [-0.2, 0) is 14.3 Å². The summed E-state index contributed by atoms with van der Waals surface area (Å²) in [6, 6.07) is 10.6. The largest absolute Gasteiger partial charge is 0.487 e. The fraction of sp³-hybridized carbons (Fsp3) is 0.440. The first-order chi connectivity index (χ1) is 17.0. The van der Waals surface area contributed by atoms with Gasteiger partial charge in [0.05, 0.1) is 38.0 Å². The van der Waals surface area contributed by atoms with Gasteiger partial charge in [-0.3, -0.25) is 4.79 Å². The topological polar surface area (TPSA) is 109 Å². The molecule has 3 heterocycles. The van der Waals surface area contributed by atoms with Gasteiger partial charge in [-0.05, 0) is 36.8 Å². The van der Waals surface area contributed by atoms with Crippen molar-refractivity contribution in [2.45, 2.75) is 37.1 Å². The molecule has 186 valence electrons. The Morgan fingerprint density at radius 3 is 2.69 bits per heavy atom. The van der Waals surface area contributed by atoms with E-state index < -0.39 is 18.0 Å². The average molecular weight is 486 g/mol. The summed E-state index contributed by atoms with van der Waals surface area (Å²) in [6.07, 6.45) is -0.538. The number of anilines is 2. The van der Waals surface area contributed by atoms with Crippen LogP contribution in [0.5, 0.6) is 5.75 Å². The van der Waals surface area contributed by atoms with E-state index in [0.717, 1.165) is 5.56 Å². The Hall–Kier alpha value is -3.21. The van der Waals surface area contributed by atoms with Crippen LogP contribution in [0.15, 0.2) is 42.5 Å². The third kappa shape index (κ3) is 5.09. The molecule has 2 saturated heterocycles. The maximum absolute atomic E-state index is 13.8. The molecule has 0 unspecified atom stereocenters. The quantitative estimate of drug-likeness (QED) is 0.601. The number of benzene rings is 2. The lowest BCUT2D eigenvalue weighted by Crippen LogP contribution is -2.48. The molecule has 3 aliphatic heterocycles. The number of halogens is 1. The molecule has 3 N–H and O–H groups in total. The number of urea groups is 1. The standard InChI is InChI=1S/C25H28FN3O6/c26-19-3-1-2-4-20(19)28-25(32)27-15-5-6-21-17(11-15)18-12-16(34-22(14-30)24(18)35-21)13-23(31)29-7-9-33-10-8-29/h1-6,11,16,18,22,24,30H,7-10,12-14H2,(H2,27,28,32)/t16-,18+,22-,24-/m0/s1. The van der Waals surface area contributed by atoms with Crippen molar-refractivity contribution in [3.8, 4) is 5.75 Å². The summed E-state index contributed by atoms with van der Waals surface area (Å²) in [5, 5.41) is 15.2. The molecule has 0 bridgehead atoms. The van der Waals surface area contributed by atoms with E-state index in [9.17, 15) is 19.1 Å². The first-order valence-electron chi connectivity index (χ1n) is 11.8. The van der Waals surface area contributed by atoms with Crippen molar-refractivity contribution in [3.63, 3.8) is 0 Å². The van der Waals surface area contributed by atoms with Gasteiger partial charge < -0.3 is 34.9 Å². The van der Waals surface area contributed by atoms with Crippen LogP contribution in [0.4, 0.5) is 20.6 Å². The summed E-state index contributed by atoms with van der Waals surface area (Å²) in [4.78, 5) is 27.0. The van der Waals surface area contributed by atoms with E-state index in [1.165, 1.54) is 12.1 Å². The smallest absolute Gasteiger partial charge is 0.323 e. The fourth-order valence-electron chi connectivity index (χ4n) is 4.95. The molecule has 0 aliphatic carbocycles. The summed E-state index contributed by atoms with van der Waals surface area (Å²) in [7, 11) is 0. The molecule has 0 spiro atoms. The molecule has 4 atom stereocenters. The first-order valence-corrected chi connectivity index (χ1v) is 11.8. The summed E-state index contributed by atoms with van der Waals surface area (Å²) >= 11 is 0. The van der Waals surface area contributed by atoms with Crippen molar-refractivity contribution in [1.82, 2.24) is 4.90 Å². The minimum absolute atomic E-state index is 0.00723. The van der Waals surface area contributed by atoms with E-state index in [-0.39, 0.29) is 42.7 Å². The molecule has 0 saturated carbocycles. The van der Waals surface area contributed by atoms with Gasteiger partial charge in [-0.15, -0.1) is 0 Å². The summed E-state index contributed by atoms with van der Waals surface area (Å²) in [5.74, 6) is 0.0348. The molecular formula is C25H28FN3O6. The van der Waals surface area contributed by atoms with E-state index in [2.05, 4.69) is 10.6 Å². The zero-order chi connectivity index (χ0) is 24.4. The summed E-state index contributed by atoms with van der Waals surface area (Å²) in [6.45, 7) is 1.97. The van der Waals surface area contributed by atoms with Crippen molar-refractivity contribution in [3.05, 3.63) is 53.8 Å². The molecule has 9 nitrogen and oxygen atoms in total. The van der Waals surface area contributed by atoms with Crippen molar-refractivity contribution in [2.75, 3.05) is 43.5 Å². The fourth-order valence-corrected chi connectivity index (χ4v) is 4.95. The molecule has 0 radical (unpaired) electrons. The van der Waals surface area contributed by atoms with Gasteiger partial charge >= 0.3 is 6.03 Å². The number of nitrogens with one attached hydrogen (secondary N) is 2. The summed E-state index contributed by atoms with van der Waals surface area (Å²) < 4.78 is 31.3. The van der Waals surface area contributed by atoms with E-state index in [0.29, 0.717) is 44.2 Å². The third-order valence-electron chi connectivity index (χ3n) is 6.65. The number of aliphatic hydroxyl groups excluding tert-OH is 1. The monoisotopic (exact) mass is 485 g/mol. The van der Waals surface area contributed by atoms with Crippen LogP contribution >= 0.6 is 0 Å². The molecule has 0 aromatic heterocycles. The Morgan fingerprint density at radius 1 is 1.11 bits per heavy atom. The number of para-hydroxylation sites is 1. The lowest BCUT2D eigenvalue weighted by atomic mass is 9.84. The number of amides is 3. The molecule has 10 heteroatoms. The third-order valence-corrected chi connectivity index (χ3v) is 6.65. The molecule has 2 aromatic carbocycles. The zero-order valence-corrected chi connectivity index (χ0v) is 19.1. The van der Waals surface area contributed by atoms with Crippen molar-refractivity contribution >= 4 is 23.3 Å². The molecule has 5 rings (SSSR count). The number of aliphatic hydroxyl groups is 1. The number of fused-ring (bicyclic) bond motifs is 3. The Balaban J connectivity index is 1.28. The molecule has 35 heavy (non-hydrogen) atoms. The van der Waals surface area contributed by atoms with E-state index in [4.69, 9.17) is 14.2 Å². The Morgan fingerprint density at radius 2 is 1.91 bits per heavy atom. The van der Waals surface area contributed by atoms with Crippen LogP contribution in [0.1, 0.15) is 24.3 Å². The predicted molar refractivity (Wildman–Crippen MR) is 125 cm³/mol. The normalized spacial score (nSPS) is 25.3. The van der Waals surface area contributed by atoms with Crippen LogP contribution in [-0.4, -0.2) is 73.2 Å². The van der Waals surface area contributed by atoms with Gasteiger partial charge in [-0.2, -0.15) is 0 Å². The Labute approximate surface area is 202 Å². The van der Waals surface area contributed by atoms with Crippen molar-refractivity contribution < 1.29 is 33.3 Å². The lowest BCUT2D eigenvalue weighted by Gasteiger charge is -2.38. The zero-order valence-electron chi connectivity index (χ0n) is 19.1. The maximum atomic E-state index is 13.8. The van der Waals surface area contributed by atoms with Crippen LogP contribution in [0.3, 0.4) is 0 Å². The number of carbonyl (C=O) groups excluding carboxylic acids is 2. The highest BCUT2D eigenvalue weighted by Gasteiger charge is 2.46. The Bertz CT molecular complexity index is 1090.